The van der Waals surface area contributed by atoms with Crippen molar-refractivity contribution >= 4 is 5.69 Å². The number of nitrogen functional groups attached to an aromatic ring is 1. The lowest BCUT2D eigenvalue weighted by molar-refractivity contribution is 0.461. The molecular formula is C10H11N3O2. The summed E-state index contributed by atoms with van der Waals surface area (Å²) >= 11 is 0. The van der Waals surface area contributed by atoms with Gasteiger partial charge < -0.3 is 10.2 Å². The van der Waals surface area contributed by atoms with Gasteiger partial charge >= 0.3 is 5.76 Å². The van der Waals surface area contributed by atoms with Crippen LogP contribution in [0.3, 0.4) is 0 Å². The van der Waals surface area contributed by atoms with E-state index in [2.05, 4.69) is 10.2 Å². The van der Waals surface area contributed by atoms with Gasteiger partial charge in [-0.15, -0.1) is 5.10 Å². The van der Waals surface area contributed by atoms with E-state index < -0.39 is 5.76 Å². The number of H-pyrrole nitrogens is 1. The van der Waals surface area contributed by atoms with Crippen molar-refractivity contribution in [1.29, 1.82) is 0 Å². The lowest BCUT2D eigenvalue weighted by atomic mass is 10.1. The number of hydrogen-bond acceptors (Lipinski definition) is 4. The number of anilines is 1. The van der Waals surface area contributed by atoms with E-state index >= 15 is 0 Å². The van der Waals surface area contributed by atoms with Crippen LogP contribution in [0.4, 0.5) is 5.69 Å². The molecule has 0 saturated heterocycles. The molecule has 0 unspecified atom stereocenters. The van der Waals surface area contributed by atoms with E-state index in [1.165, 1.54) is 0 Å². The molecule has 0 radical (unpaired) electrons. The van der Waals surface area contributed by atoms with E-state index in [1.54, 1.807) is 0 Å². The van der Waals surface area contributed by atoms with E-state index in [0.717, 1.165) is 17.7 Å². The summed E-state index contributed by atoms with van der Waals surface area (Å²) in [5, 5.41) is 5.94. The topological polar surface area (TPSA) is 84.9 Å². The van der Waals surface area contributed by atoms with Crippen molar-refractivity contribution < 1.29 is 4.42 Å². The average Bonchev–Trinajstić information content (AvgIpc) is 2.64. The first-order chi connectivity index (χ1) is 7.24. The van der Waals surface area contributed by atoms with Crippen LogP contribution in [0.1, 0.15) is 11.5 Å². The van der Waals surface area contributed by atoms with E-state index in [4.69, 9.17) is 10.2 Å². The van der Waals surface area contributed by atoms with E-state index in [9.17, 15) is 4.79 Å². The Bertz CT molecular complexity index is 484. The predicted octanol–water partition coefficient (Wildman–Crippen LogP) is 0.730. The zero-order valence-corrected chi connectivity index (χ0v) is 8.06. The van der Waals surface area contributed by atoms with Crippen LogP contribution in [-0.4, -0.2) is 10.2 Å². The summed E-state index contributed by atoms with van der Waals surface area (Å²) in [7, 11) is 0. The summed E-state index contributed by atoms with van der Waals surface area (Å²) in [6, 6.07) is 7.58. The number of nitrogens with two attached hydrogens (primary N) is 1. The number of nitrogens with zero attached hydrogens (tertiary/aromatic N) is 1. The van der Waals surface area contributed by atoms with Crippen molar-refractivity contribution in [2.24, 2.45) is 0 Å². The van der Waals surface area contributed by atoms with Crippen molar-refractivity contribution in [1.82, 2.24) is 10.2 Å². The lowest BCUT2D eigenvalue weighted by Gasteiger charge is -1.98. The first kappa shape index (κ1) is 9.51. The Morgan fingerprint density at radius 2 is 2.00 bits per heavy atom. The number of rotatable bonds is 3. The molecule has 0 atom stereocenters. The van der Waals surface area contributed by atoms with Crippen LogP contribution in [-0.2, 0) is 12.8 Å². The minimum atomic E-state index is -0.512. The molecule has 3 N–H and O–H groups in total. The minimum absolute atomic E-state index is 0.428. The molecular weight excluding hydrogens is 194 g/mol. The summed E-state index contributed by atoms with van der Waals surface area (Å²) in [5.41, 5.74) is 7.44. The normalized spacial score (nSPS) is 10.4. The van der Waals surface area contributed by atoms with Gasteiger partial charge in [0.05, 0.1) is 0 Å². The number of aromatic nitrogens is 2. The van der Waals surface area contributed by atoms with Crippen molar-refractivity contribution in [2.75, 3.05) is 5.73 Å². The predicted molar refractivity (Wildman–Crippen MR) is 55.4 cm³/mol. The molecule has 5 heteroatoms. The highest BCUT2D eigenvalue weighted by Gasteiger charge is 2.01. The Balaban J connectivity index is 1.99. The second-order valence-electron chi connectivity index (χ2n) is 3.25. The van der Waals surface area contributed by atoms with Gasteiger partial charge in [-0.2, -0.15) is 0 Å². The van der Waals surface area contributed by atoms with Crippen molar-refractivity contribution in [3.63, 3.8) is 0 Å². The zero-order chi connectivity index (χ0) is 10.7. The largest absolute Gasteiger partial charge is 0.434 e. The first-order valence-corrected chi connectivity index (χ1v) is 4.63. The number of nitrogens with one attached hydrogen (secondary N) is 1. The molecule has 0 aliphatic carbocycles. The van der Waals surface area contributed by atoms with Crippen LogP contribution in [0.2, 0.25) is 0 Å². The van der Waals surface area contributed by atoms with Gasteiger partial charge in [-0.05, 0) is 24.1 Å². The van der Waals surface area contributed by atoms with Gasteiger partial charge in [0.2, 0.25) is 5.89 Å². The Morgan fingerprint density at radius 3 is 2.60 bits per heavy atom. The van der Waals surface area contributed by atoms with Crippen LogP contribution in [0.5, 0.6) is 0 Å². The SMILES string of the molecule is Nc1ccc(CCc2n[nH]c(=O)o2)cc1. The Kier molecular flexibility index (Phi) is 2.53. The summed E-state index contributed by atoms with van der Waals surface area (Å²) < 4.78 is 4.78. The molecule has 1 heterocycles. The Labute approximate surface area is 85.9 Å². The van der Waals surface area contributed by atoms with E-state index in [0.29, 0.717) is 12.3 Å². The highest BCUT2D eigenvalue weighted by atomic mass is 16.4. The second-order valence-corrected chi connectivity index (χ2v) is 3.25. The fraction of sp³-hybridized carbons (Fsp3) is 0.200. The molecule has 0 aliphatic heterocycles. The van der Waals surface area contributed by atoms with Crippen molar-refractivity contribution in [2.45, 2.75) is 12.8 Å². The van der Waals surface area contributed by atoms with Crippen LogP contribution < -0.4 is 11.5 Å². The van der Waals surface area contributed by atoms with Gasteiger partial charge in [-0.25, -0.2) is 9.89 Å². The summed E-state index contributed by atoms with van der Waals surface area (Å²) in [6.45, 7) is 0. The minimum Gasteiger partial charge on any atom is -0.399 e. The molecule has 2 aromatic rings. The van der Waals surface area contributed by atoms with Gasteiger partial charge in [0.1, 0.15) is 0 Å². The molecule has 0 fully saturated rings. The Morgan fingerprint density at radius 1 is 1.27 bits per heavy atom. The molecule has 5 nitrogen and oxygen atoms in total. The first-order valence-electron chi connectivity index (χ1n) is 4.63. The van der Waals surface area contributed by atoms with Crippen molar-refractivity contribution in [3.05, 3.63) is 46.3 Å². The fourth-order valence-corrected chi connectivity index (χ4v) is 1.30. The fourth-order valence-electron chi connectivity index (χ4n) is 1.30. The van der Waals surface area contributed by atoms with Gasteiger partial charge in [0.25, 0.3) is 0 Å². The third kappa shape index (κ3) is 2.46. The van der Waals surface area contributed by atoms with Crippen molar-refractivity contribution in [3.8, 4) is 0 Å². The maximum atomic E-state index is 10.6. The third-order valence-corrected chi connectivity index (χ3v) is 2.09. The van der Waals surface area contributed by atoms with Crippen LogP contribution in [0.15, 0.2) is 33.5 Å². The molecule has 1 aromatic heterocycles. The molecule has 0 bridgehead atoms. The molecule has 0 spiro atoms. The average molecular weight is 205 g/mol. The van der Waals surface area contributed by atoms with E-state index in [1.807, 2.05) is 24.3 Å². The van der Waals surface area contributed by atoms with E-state index in [-0.39, 0.29) is 0 Å². The molecule has 2 rings (SSSR count). The van der Waals surface area contributed by atoms with Crippen LogP contribution in [0.25, 0.3) is 0 Å². The maximum absolute atomic E-state index is 10.6. The monoisotopic (exact) mass is 205 g/mol. The summed E-state index contributed by atoms with van der Waals surface area (Å²) in [4.78, 5) is 10.6. The molecule has 0 aliphatic rings. The quantitative estimate of drug-likeness (QED) is 0.723. The second kappa shape index (κ2) is 4.00. The maximum Gasteiger partial charge on any atom is 0.434 e. The molecule has 15 heavy (non-hydrogen) atoms. The Hall–Kier alpha value is -2.04. The van der Waals surface area contributed by atoms with Gasteiger partial charge in [0.15, 0.2) is 0 Å². The standard InChI is InChI=1S/C10H11N3O2/c11-8-4-1-7(2-5-8)3-6-9-12-13-10(14)15-9/h1-2,4-5H,3,6,11H2,(H,13,14). The highest BCUT2D eigenvalue weighted by Crippen LogP contribution is 2.07. The summed E-state index contributed by atoms with van der Waals surface area (Å²) in [5.74, 6) is -0.0841. The molecule has 1 aromatic carbocycles. The highest BCUT2D eigenvalue weighted by molar-refractivity contribution is 5.39. The number of aryl methyl sites for hydroxylation is 2. The third-order valence-electron chi connectivity index (χ3n) is 2.09. The molecule has 0 amide bonds. The van der Waals surface area contributed by atoms with Gasteiger partial charge in [0, 0.05) is 12.1 Å². The number of benzene rings is 1. The molecule has 0 saturated carbocycles. The lowest BCUT2D eigenvalue weighted by Crippen LogP contribution is -1.94. The number of hydrogen-bond donors (Lipinski definition) is 2. The number of aromatic amines is 1. The van der Waals surface area contributed by atoms with Crippen LogP contribution in [0, 0.1) is 0 Å². The van der Waals surface area contributed by atoms with Gasteiger partial charge in [-0.3, -0.25) is 0 Å². The smallest absolute Gasteiger partial charge is 0.399 e. The van der Waals surface area contributed by atoms with Crippen LogP contribution >= 0.6 is 0 Å². The zero-order valence-electron chi connectivity index (χ0n) is 8.06. The van der Waals surface area contributed by atoms with Gasteiger partial charge in [-0.1, -0.05) is 12.1 Å². The molecule has 78 valence electrons. The summed E-state index contributed by atoms with van der Waals surface area (Å²) in [6.07, 6.45) is 1.37.